The van der Waals surface area contributed by atoms with Crippen LogP contribution in [-0.2, 0) is 4.57 Å². The van der Waals surface area contributed by atoms with Crippen LogP contribution in [-0.4, -0.2) is 0 Å². The Kier molecular flexibility index (Phi) is 4.68. The second kappa shape index (κ2) is 8.04. The number of halogens is 1. The highest BCUT2D eigenvalue weighted by Crippen LogP contribution is 2.55. The molecule has 4 heteroatoms. The molecule has 2 nitrogen and oxygen atoms in total. The molecule has 0 aromatic heterocycles. The van der Waals surface area contributed by atoms with Crippen molar-refractivity contribution in [1.82, 2.24) is 0 Å². The van der Waals surface area contributed by atoms with E-state index in [0.29, 0.717) is 0 Å². The van der Waals surface area contributed by atoms with Gasteiger partial charge in [0, 0.05) is 37.0 Å². The average molecular weight is 570 g/mol. The molecule has 0 fully saturated rings. The maximum atomic E-state index is 14.9. The van der Waals surface area contributed by atoms with E-state index in [1.54, 1.807) is 0 Å². The topological polar surface area (TPSA) is 20.3 Å². The lowest BCUT2D eigenvalue weighted by molar-refractivity contribution is 0.593. The fourth-order valence-corrected chi connectivity index (χ4v) is 9.62. The number of anilines is 3. The van der Waals surface area contributed by atoms with E-state index in [4.69, 9.17) is 0 Å². The Hall–Kier alpha value is -3.91. The van der Waals surface area contributed by atoms with Crippen molar-refractivity contribution in [3.8, 4) is 22.3 Å². The van der Waals surface area contributed by atoms with Crippen molar-refractivity contribution in [2.75, 3.05) is 4.90 Å². The molecular formula is C34H21BrNOP. The molecule has 6 aromatic rings. The van der Waals surface area contributed by atoms with E-state index in [0.717, 1.165) is 48.6 Å². The lowest BCUT2D eigenvalue weighted by Gasteiger charge is -2.33. The predicted molar refractivity (Wildman–Crippen MR) is 164 cm³/mol. The normalized spacial score (nSPS) is 16.7. The van der Waals surface area contributed by atoms with E-state index < -0.39 is 7.14 Å². The Bertz CT molecular complexity index is 1980. The van der Waals surface area contributed by atoms with Gasteiger partial charge in [-0.05, 0) is 70.6 Å². The molecule has 0 radical (unpaired) electrons. The van der Waals surface area contributed by atoms with E-state index >= 15 is 0 Å². The van der Waals surface area contributed by atoms with Crippen LogP contribution in [0.1, 0.15) is 0 Å². The Morgan fingerprint density at radius 3 is 2.05 bits per heavy atom. The largest absolute Gasteiger partial charge is 0.309 e. The zero-order chi connectivity index (χ0) is 25.4. The Morgan fingerprint density at radius 2 is 1.21 bits per heavy atom. The third kappa shape index (κ3) is 2.92. The van der Waals surface area contributed by atoms with Crippen molar-refractivity contribution in [3.63, 3.8) is 0 Å². The highest BCUT2D eigenvalue weighted by molar-refractivity contribution is 9.10. The van der Waals surface area contributed by atoms with Crippen molar-refractivity contribution in [3.05, 3.63) is 132 Å². The standard InChI is InChI=1S/C34H21BrNOP/c35-23-16-18-32-28(20-23)29-21-24(17-19-33(29)38(32,37)25-10-2-1-3-11-25)36-30-14-5-4-12-26(30)27-13-6-8-22-9-7-15-31(36)34(22)27/h1-21H. The van der Waals surface area contributed by atoms with Crippen molar-refractivity contribution in [2.45, 2.75) is 0 Å². The summed E-state index contributed by atoms with van der Waals surface area (Å²) < 4.78 is 15.9. The van der Waals surface area contributed by atoms with E-state index in [1.807, 2.05) is 42.5 Å². The number of benzene rings is 6. The highest BCUT2D eigenvalue weighted by atomic mass is 79.9. The van der Waals surface area contributed by atoms with Gasteiger partial charge < -0.3 is 9.46 Å². The molecule has 180 valence electrons. The van der Waals surface area contributed by atoms with Gasteiger partial charge in [-0.25, -0.2) is 0 Å². The maximum absolute atomic E-state index is 14.9. The second-order valence-electron chi connectivity index (χ2n) is 9.84. The molecule has 2 aliphatic rings. The van der Waals surface area contributed by atoms with Crippen molar-refractivity contribution in [2.24, 2.45) is 0 Å². The first-order valence-electron chi connectivity index (χ1n) is 12.7. The number of rotatable bonds is 2. The van der Waals surface area contributed by atoms with Gasteiger partial charge in [-0.3, -0.25) is 0 Å². The quantitative estimate of drug-likeness (QED) is 0.194. The molecule has 1 unspecified atom stereocenters. The fourth-order valence-electron chi connectivity index (χ4n) is 6.23. The minimum absolute atomic E-state index is 0.872. The molecule has 6 aromatic carbocycles. The Morgan fingerprint density at radius 1 is 0.553 bits per heavy atom. The molecule has 8 rings (SSSR count). The molecule has 0 bridgehead atoms. The summed E-state index contributed by atoms with van der Waals surface area (Å²) in [5.41, 5.74) is 7.92. The van der Waals surface area contributed by atoms with Crippen LogP contribution in [0.15, 0.2) is 132 Å². The van der Waals surface area contributed by atoms with Gasteiger partial charge in [0.05, 0.1) is 11.4 Å². The number of hydrogen-bond donors (Lipinski definition) is 0. The van der Waals surface area contributed by atoms with Crippen molar-refractivity contribution >= 4 is 66.8 Å². The van der Waals surface area contributed by atoms with Gasteiger partial charge in [0.1, 0.15) is 0 Å². The van der Waals surface area contributed by atoms with Crippen molar-refractivity contribution in [1.29, 1.82) is 0 Å². The van der Waals surface area contributed by atoms with Crippen LogP contribution < -0.4 is 20.8 Å². The summed E-state index contributed by atoms with van der Waals surface area (Å²) in [6.07, 6.45) is 0. The van der Waals surface area contributed by atoms with E-state index in [9.17, 15) is 4.57 Å². The molecular weight excluding hydrogens is 549 g/mol. The molecule has 2 heterocycles. The number of fused-ring (bicyclic) bond motifs is 5. The summed E-state index contributed by atoms with van der Waals surface area (Å²) in [7, 11) is -2.99. The summed E-state index contributed by atoms with van der Waals surface area (Å²) in [5, 5.41) is 5.17. The van der Waals surface area contributed by atoms with Gasteiger partial charge >= 0.3 is 0 Å². The highest BCUT2D eigenvalue weighted by Gasteiger charge is 2.40. The average Bonchev–Trinajstić information content (AvgIpc) is 3.22. The molecule has 0 N–H and O–H groups in total. The van der Waals surface area contributed by atoms with Gasteiger partial charge in [0.2, 0.25) is 0 Å². The summed E-state index contributed by atoms with van der Waals surface area (Å²) in [6, 6.07) is 44.2. The molecule has 0 amide bonds. The summed E-state index contributed by atoms with van der Waals surface area (Å²) >= 11 is 3.66. The van der Waals surface area contributed by atoms with Crippen LogP contribution in [0.4, 0.5) is 17.1 Å². The van der Waals surface area contributed by atoms with Gasteiger partial charge in [0.25, 0.3) is 0 Å². The Labute approximate surface area is 229 Å². The van der Waals surface area contributed by atoms with Gasteiger partial charge in [-0.2, -0.15) is 0 Å². The van der Waals surface area contributed by atoms with Crippen LogP contribution in [0.3, 0.4) is 0 Å². The summed E-state index contributed by atoms with van der Waals surface area (Å²) in [5.74, 6) is 0. The van der Waals surface area contributed by atoms with Crippen LogP contribution >= 0.6 is 23.1 Å². The molecule has 0 aliphatic carbocycles. The third-order valence-electron chi connectivity index (χ3n) is 7.84. The smallest absolute Gasteiger partial charge is 0.172 e. The number of para-hydroxylation sites is 1. The molecule has 38 heavy (non-hydrogen) atoms. The van der Waals surface area contributed by atoms with Gasteiger partial charge in [0.15, 0.2) is 7.14 Å². The summed E-state index contributed by atoms with van der Waals surface area (Å²) in [4.78, 5) is 2.36. The minimum Gasteiger partial charge on any atom is -0.309 e. The van der Waals surface area contributed by atoms with E-state index in [-0.39, 0.29) is 0 Å². The van der Waals surface area contributed by atoms with Gasteiger partial charge in [-0.1, -0.05) is 94.8 Å². The summed E-state index contributed by atoms with van der Waals surface area (Å²) in [6.45, 7) is 0. The minimum atomic E-state index is -2.99. The maximum Gasteiger partial charge on any atom is 0.172 e. The lowest BCUT2D eigenvalue weighted by atomic mass is 9.91. The fraction of sp³-hybridized carbons (Fsp3) is 0. The zero-order valence-electron chi connectivity index (χ0n) is 20.3. The van der Waals surface area contributed by atoms with E-state index in [2.05, 4.69) is 106 Å². The number of hydrogen-bond acceptors (Lipinski definition) is 2. The zero-order valence-corrected chi connectivity index (χ0v) is 22.8. The van der Waals surface area contributed by atoms with E-state index in [1.165, 1.54) is 21.9 Å². The molecule has 2 aliphatic heterocycles. The first-order chi connectivity index (χ1) is 18.6. The Balaban J connectivity index is 1.42. The molecule has 0 saturated carbocycles. The lowest BCUT2D eigenvalue weighted by Crippen LogP contribution is -2.21. The second-order valence-corrected chi connectivity index (χ2v) is 13.5. The van der Waals surface area contributed by atoms with Crippen LogP contribution in [0.2, 0.25) is 0 Å². The first kappa shape index (κ1) is 22.1. The van der Waals surface area contributed by atoms with Crippen LogP contribution in [0, 0.1) is 0 Å². The first-order valence-corrected chi connectivity index (χ1v) is 15.2. The third-order valence-corrected chi connectivity index (χ3v) is 11.5. The molecule has 0 spiro atoms. The van der Waals surface area contributed by atoms with Gasteiger partial charge in [-0.15, -0.1) is 0 Å². The molecule has 0 saturated heterocycles. The number of nitrogens with zero attached hydrogens (tertiary/aromatic N) is 1. The van der Waals surface area contributed by atoms with Crippen molar-refractivity contribution < 1.29 is 4.57 Å². The van der Waals surface area contributed by atoms with Crippen LogP contribution in [0.25, 0.3) is 33.0 Å². The monoisotopic (exact) mass is 569 g/mol. The SMILES string of the molecule is O=P1(c2ccccc2)c2ccc(Br)cc2-c2cc(N3c4ccccc4-c4cccc5cccc3c45)ccc21. The van der Waals surface area contributed by atoms with Crippen LogP contribution in [0.5, 0.6) is 0 Å². The molecule has 1 atom stereocenters. The predicted octanol–water partition coefficient (Wildman–Crippen LogP) is 8.67.